The third kappa shape index (κ3) is 5.78. The maximum atomic E-state index is 12.7. The second kappa shape index (κ2) is 8.34. The number of nitrogens with zero attached hydrogens (tertiary/aromatic N) is 5. The summed E-state index contributed by atoms with van der Waals surface area (Å²) >= 11 is 0. The highest BCUT2D eigenvalue weighted by molar-refractivity contribution is 7.87. The number of hydrogen-bond donors (Lipinski definition) is 0. The normalized spacial score (nSPS) is 20.4. The lowest BCUT2D eigenvalue weighted by Crippen LogP contribution is -2.62. The number of azide groups is 1. The quantitative estimate of drug-likeness (QED) is 0.124. The zero-order valence-electron chi connectivity index (χ0n) is 13.7. The molecule has 0 aromatic rings. The minimum Gasteiger partial charge on any atom is -0.298 e. The highest BCUT2D eigenvalue weighted by atomic mass is 32.2. The average molecular weight is 374 g/mol. The largest absolute Gasteiger partial charge is 0.523 e. The van der Waals surface area contributed by atoms with Gasteiger partial charge in [0.2, 0.25) is 6.23 Å². The van der Waals surface area contributed by atoms with Crippen LogP contribution in [0.3, 0.4) is 0 Å². The molecule has 1 fully saturated rings. The molecule has 24 heavy (non-hydrogen) atoms. The molecule has 0 amide bonds. The van der Waals surface area contributed by atoms with Gasteiger partial charge in [-0.25, -0.2) is 4.18 Å². The molecule has 1 aliphatic rings. The fraction of sp³-hybridized carbons (Fsp3) is 1.00. The summed E-state index contributed by atoms with van der Waals surface area (Å²) in [4.78, 5) is 4.62. The van der Waals surface area contributed by atoms with Crippen LogP contribution in [0.5, 0.6) is 0 Å². The summed E-state index contributed by atoms with van der Waals surface area (Å²) in [6.45, 7) is 2.47. The Morgan fingerprint density at radius 1 is 1.33 bits per heavy atom. The molecule has 0 aromatic carbocycles. The summed E-state index contributed by atoms with van der Waals surface area (Å²) in [6.07, 6.45) is -0.121. The molecule has 8 nitrogen and oxygen atoms in total. The Bertz CT molecular complexity index is 555. The van der Waals surface area contributed by atoms with Gasteiger partial charge in [-0.1, -0.05) is 5.11 Å². The van der Waals surface area contributed by atoms with Crippen LogP contribution in [-0.4, -0.2) is 76.4 Å². The molecule has 1 atom stereocenters. The number of hydrogen-bond acceptors (Lipinski definition) is 5. The molecule has 0 aliphatic carbocycles. The average Bonchev–Trinajstić information content (AvgIpc) is 2.48. The highest BCUT2D eigenvalue weighted by Gasteiger charge is 2.51. The Morgan fingerprint density at radius 2 is 1.92 bits per heavy atom. The smallest absolute Gasteiger partial charge is 0.298 e. The van der Waals surface area contributed by atoms with Gasteiger partial charge >= 0.3 is 15.6 Å². The lowest BCUT2D eigenvalue weighted by molar-refractivity contribution is -0.954. The first-order valence-corrected chi connectivity index (χ1v) is 8.96. The van der Waals surface area contributed by atoms with Crippen LogP contribution in [-0.2, 0) is 14.3 Å². The first-order valence-electron chi connectivity index (χ1n) is 7.55. The molecule has 0 bridgehead atoms. The van der Waals surface area contributed by atoms with E-state index >= 15 is 0 Å². The van der Waals surface area contributed by atoms with Crippen LogP contribution >= 0.6 is 0 Å². The van der Waals surface area contributed by atoms with Crippen molar-refractivity contribution in [2.75, 3.05) is 46.8 Å². The molecular formula is C12H23F3N5O3S+. The van der Waals surface area contributed by atoms with Crippen molar-refractivity contribution in [3.05, 3.63) is 10.4 Å². The second-order valence-electron chi connectivity index (χ2n) is 6.13. The zero-order valence-corrected chi connectivity index (χ0v) is 14.6. The van der Waals surface area contributed by atoms with E-state index in [1.807, 2.05) is 11.9 Å². The standard InChI is InChI=1S/C12H23F3N5O3S/c1-19-7-9-20(2,10-8-19)11(5-3-4-6-17-18-16)23-24(21,22)12(13,14)15/h11H,3-10H2,1-2H3/q+1. The van der Waals surface area contributed by atoms with E-state index in [4.69, 9.17) is 5.53 Å². The van der Waals surface area contributed by atoms with E-state index in [-0.39, 0.29) is 17.4 Å². The van der Waals surface area contributed by atoms with Gasteiger partial charge in [0.15, 0.2) is 0 Å². The molecule has 1 unspecified atom stereocenters. The van der Waals surface area contributed by atoms with Crippen molar-refractivity contribution >= 4 is 10.1 Å². The van der Waals surface area contributed by atoms with Gasteiger partial charge in [0.1, 0.15) is 0 Å². The summed E-state index contributed by atoms with van der Waals surface area (Å²) in [5.41, 5.74) is 2.77. The van der Waals surface area contributed by atoms with Crippen LogP contribution in [0.1, 0.15) is 19.3 Å². The van der Waals surface area contributed by atoms with E-state index in [0.29, 0.717) is 39.0 Å². The van der Waals surface area contributed by atoms with Crippen LogP contribution in [0.15, 0.2) is 5.11 Å². The van der Waals surface area contributed by atoms with Crippen LogP contribution in [0, 0.1) is 0 Å². The minimum absolute atomic E-state index is 0.0984. The minimum atomic E-state index is -5.66. The highest BCUT2D eigenvalue weighted by Crippen LogP contribution is 2.30. The van der Waals surface area contributed by atoms with Crippen molar-refractivity contribution < 1.29 is 30.3 Å². The van der Waals surface area contributed by atoms with Crippen molar-refractivity contribution in [1.82, 2.24) is 4.90 Å². The lowest BCUT2D eigenvalue weighted by atomic mass is 10.1. The molecule has 140 valence electrons. The van der Waals surface area contributed by atoms with Crippen LogP contribution in [0.4, 0.5) is 13.2 Å². The van der Waals surface area contributed by atoms with E-state index in [9.17, 15) is 21.6 Å². The Morgan fingerprint density at radius 3 is 2.42 bits per heavy atom. The van der Waals surface area contributed by atoms with Gasteiger partial charge < -0.3 is 0 Å². The van der Waals surface area contributed by atoms with Crippen molar-refractivity contribution in [3.63, 3.8) is 0 Å². The molecule has 0 radical (unpaired) electrons. The molecule has 1 rings (SSSR count). The fourth-order valence-electron chi connectivity index (χ4n) is 2.52. The third-order valence-electron chi connectivity index (χ3n) is 4.22. The maximum absolute atomic E-state index is 12.7. The summed E-state index contributed by atoms with van der Waals surface area (Å²) in [7, 11) is -2.06. The van der Waals surface area contributed by atoms with Gasteiger partial charge in [-0.3, -0.25) is 9.38 Å². The SMILES string of the molecule is CN1CC[N+](C)(C(CCCCN=[N+]=[N-])OS(=O)(=O)C(F)(F)F)CC1. The number of likely N-dealkylation sites (N-methyl/N-ethyl adjacent to an activating group) is 2. The number of unbranched alkanes of at least 4 members (excludes halogenated alkanes) is 1. The van der Waals surface area contributed by atoms with E-state index in [2.05, 4.69) is 14.2 Å². The fourth-order valence-corrected chi connectivity index (χ4v) is 3.23. The number of rotatable bonds is 8. The predicted molar refractivity (Wildman–Crippen MR) is 81.1 cm³/mol. The monoisotopic (exact) mass is 374 g/mol. The van der Waals surface area contributed by atoms with E-state index in [1.165, 1.54) is 0 Å². The van der Waals surface area contributed by atoms with Crippen LogP contribution in [0.2, 0.25) is 0 Å². The molecule has 12 heteroatoms. The van der Waals surface area contributed by atoms with E-state index in [1.54, 1.807) is 7.05 Å². The van der Waals surface area contributed by atoms with Gasteiger partial charge in [-0.05, 0) is 25.4 Å². The van der Waals surface area contributed by atoms with Gasteiger partial charge in [-0.2, -0.15) is 21.6 Å². The summed E-state index contributed by atoms with van der Waals surface area (Å²) < 4.78 is 65.5. The number of quaternary nitrogens is 1. The molecule has 1 heterocycles. The lowest BCUT2D eigenvalue weighted by Gasteiger charge is -2.45. The Labute approximate surface area is 139 Å². The van der Waals surface area contributed by atoms with Crippen molar-refractivity contribution in [1.29, 1.82) is 0 Å². The predicted octanol–water partition coefficient (Wildman–Crippen LogP) is 2.05. The zero-order chi connectivity index (χ0) is 18.4. The van der Waals surface area contributed by atoms with Crippen LogP contribution < -0.4 is 0 Å². The van der Waals surface area contributed by atoms with E-state index in [0.717, 1.165) is 0 Å². The summed E-state index contributed by atoms with van der Waals surface area (Å²) in [5, 5.41) is 3.35. The molecule has 0 spiro atoms. The molecule has 1 aliphatic heterocycles. The molecule has 0 N–H and O–H groups in total. The first-order chi connectivity index (χ1) is 11.0. The van der Waals surface area contributed by atoms with Crippen molar-refractivity contribution in [3.8, 4) is 0 Å². The molecule has 0 aromatic heterocycles. The number of halogens is 3. The number of piperazine rings is 1. The third-order valence-corrected chi connectivity index (χ3v) is 5.27. The van der Waals surface area contributed by atoms with E-state index < -0.39 is 21.9 Å². The molecule has 1 saturated heterocycles. The van der Waals surface area contributed by atoms with Gasteiger partial charge in [0, 0.05) is 31.0 Å². The first kappa shape index (κ1) is 21.0. The van der Waals surface area contributed by atoms with Gasteiger partial charge in [0.25, 0.3) is 0 Å². The second-order valence-corrected chi connectivity index (χ2v) is 7.69. The Kier molecular flexibility index (Phi) is 7.29. The molecular weight excluding hydrogens is 351 g/mol. The van der Waals surface area contributed by atoms with Crippen LogP contribution in [0.25, 0.3) is 10.4 Å². The summed E-state index contributed by atoms with van der Waals surface area (Å²) in [6, 6.07) is 0. The number of alkyl halides is 3. The van der Waals surface area contributed by atoms with Crippen molar-refractivity contribution in [2.45, 2.75) is 31.0 Å². The topological polar surface area (TPSA) is 95.4 Å². The molecule has 0 saturated carbocycles. The Balaban J connectivity index is 2.85. The maximum Gasteiger partial charge on any atom is 0.523 e. The van der Waals surface area contributed by atoms with Gasteiger partial charge in [0.05, 0.1) is 20.1 Å². The Hall–Kier alpha value is -1.07. The summed E-state index contributed by atoms with van der Waals surface area (Å²) in [5.74, 6) is 0. The van der Waals surface area contributed by atoms with Crippen molar-refractivity contribution in [2.24, 2.45) is 5.11 Å². The van der Waals surface area contributed by atoms with Gasteiger partial charge in [-0.15, -0.1) is 0 Å².